The standard InChI is InChI=1S/C76H137N2O22P/c1-9-13-17-21-25-29-31-35-39-43-47-51-68(86)96-62(49-45-41-37-33-27-23-19-15-11-3)53-67(85)78-64(55-79)72(99-70(88)54-63(50-46-42-38-34-28-24-20-16-12-4)97-69(87)52-48-44-40-36-32-30-26-22-18-14-10-2)73(100-101(89,90)91)65(84)56-93-76-71(77-58(5)80)75(95-61(8)83)74(94-60(7)82)66(98-76)57-92-59(6)81/h55,62-66,71-76,84H,9-54,56-57H2,1-8H3,(H,77,80)(H,78,85)(H2,89,90,91)/t62-,63-,64+,65-,66-,71-,72-,73-,74-,75-,76-/m1/s1. The highest BCUT2D eigenvalue weighted by atomic mass is 31.2. The predicted octanol–water partition coefficient (Wildman–Crippen LogP) is 14.9. The fourth-order valence-corrected chi connectivity index (χ4v) is 13.3. The second-order valence-electron chi connectivity index (χ2n) is 27.8. The second-order valence-corrected chi connectivity index (χ2v) is 29.0. The van der Waals surface area contributed by atoms with Gasteiger partial charge in [-0.25, -0.2) is 4.57 Å². The number of phosphoric acid groups is 1. The van der Waals surface area contributed by atoms with E-state index in [1.165, 1.54) is 77.0 Å². The fraction of sp³-hybridized carbons (Fsp3) is 0.882. The van der Waals surface area contributed by atoms with Crippen LogP contribution < -0.4 is 10.6 Å². The molecular formula is C76H137N2O22P. The van der Waals surface area contributed by atoms with Gasteiger partial charge < -0.3 is 68.2 Å². The van der Waals surface area contributed by atoms with Crippen molar-refractivity contribution >= 4 is 61.7 Å². The number of carbonyl (C=O) groups is 9. The summed E-state index contributed by atoms with van der Waals surface area (Å²) in [4.78, 5) is 141. The molecule has 0 aromatic heterocycles. The van der Waals surface area contributed by atoms with Gasteiger partial charge in [-0.3, -0.25) is 42.9 Å². The Morgan fingerprint density at radius 3 is 1.22 bits per heavy atom. The summed E-state index contributed by atoms with van der Waals surface area (Å²) in [5, 5.41) is 17.2. The predicted molar refractivity (Wildman–Crippen MR) is 386 cm³/mol. The molecular weight excluding hydrogens is 1320 g/mol. The van der Waals surface area contributed by atoms with Crippen LogP contribution in [0.4, 0.5) is 0 Å². The van der Waals surface area contributed by atoms with E-state index >= 15 is 0 Å². The number of aliphatic hydroxyl groups excluding tert-OH is 1. The van der Waals surface area contributed by atoms with Crippen molar-refractivity contribution in [2.24, 2.45) is 0 Å². The summed E-state index contributed by atoms with van der Waals surface area (Å²) in [6.07, 6.45) is 25.2. The summed E-state index contributed by atoms with van der Waals surface area (Å²) in [7, 11) is -5.82. The largest absolute Gasteiger partial charge is 0.470 e. The summed E-state index contributed by atoms with van der Waals surface area (Å²) >= 11 is 0. The lowest BCUT2D eigenvalue weighted by atomic mass is 9.96. The van der Waals surface area contributed by atoms with E-state index in [1.54, 1.807) is 0 Å². The Morgan fingerprint density at radius 2 is 0.851 bits per heavy atom. The average molecular weight is 1460 g/mol. The maximum Gasteiger partial charge on any atom is 0.470 e. The zero-order valence-electron chi connectivity index (χ0n) is 63.4. The number of rotatable bonds is 66. The molecule has 1 fully saturated rings. The third-order valence-electron chi connectivity index (χ3n) is 18.2. The third kappa shape index (κ3) is 50.5. The Hall–Kier alpha value is -4.58. The molecule has 1 heterocycles. The molecule has 1 aliphatic rings. The van der Waals surface area contributed by atoms with Crippen LogP contribution in [0.15, 0.2) is 0 Å². The number of unbranched alkanes of at least 4 members (excludes halogenated alkanes) is 36. The summed E-state index contributed by atoms with van der Waals surface area (Å²) in [5.41, 5.74) is 0. The first-order chi connectivity index (χ1) is 48.5. The fourth-order valence-electron chi connectivity index (χ4n) is 12.7. The van der Waals surface area contributed by atoms with Crippen molar-refractivity contribution in [3.63, 3.8) is 0 Å². The van der Waals surface area contributed by atoms with Crippen molar-refractivity contribution in [2.75, 3.05) is 13.2 Å². The van der Waals surface area contributed by atoms with Gasteiger partial charge in [0.05, 0.1) is 19.4 Å². The highest BCUT2D eigenvalue weighted by Crippen LogP contribution is 2.40. The molecule has 5 N–H and O–H groups in total. The molecule has 0 bridgehead atoms. The summed E-state index contributed by atoms with van der Waals surface area (Å²) < 4.78 is 64.7. The molecule has 1 saturated heterocycles. The zero-order chi connectivity index (χ0) is 74.9. The molecule has 588 valence electrons. The van der Waals surface area contributed by atoms with Gasteiger partial charge in [0.2, 0.25) is 11.8 Å². The topological polar surface area (TPSA) is 339 Å². The summed E-state index contributed by atoms with van der Waals surface area (Å²) in [6, 6.07) is -3.66. The van der Waals surface area contributed by atoms with Gasteiger partial charge in [0.1, 0.15) is 55.5 Å². The highest BCUT2D eigenvalue weighted by Gasteiger charge is 2.52. The van der Waals surface area contributed by atoms with Gasteiger partial charge in [-0.15, -0.1) is 0 Å². The van der Waals surface area contributed by atoms with Gasteiger partial charge >= 0.3 is 43.6 Å². The van der Waals surface area contributed by atoms with E-state index < -0.39 is 149 Å². The zero-order valence-corrected chi connectivity index (χ0v) is 64.3. The van der Waals surface area contributed by atoms with E-state index in [1.807, 2.05) is 0 Å². The highest BCUT2D eigenvalue weighted by molar-refractivity contribution is 7.46. The number of nitrogens with one attached hydrogen (secondary N) is 2. The van der Waals surface area contributed by atoms with Crippen molar-refractivity contribution < 1.29 is 105 Å². The normalized spacial score (nSPS) is 17.9. The minimum atomic E-state index is -5.82. The number of phosphoric ester groups is 1. The van der Waals surface area contributed by atoms with Crippen molar-refractivity contribution in [3.8, 4) is 0 Å². The minimum Gasteiger partial charge on any atom is -0.463 e. The van der Waals surface area contributed by atoms with Crippen molar-refractivity contribution in [1.82, 2.24) is 10.6 Å². The quantitative estimate of drug-likeness (QED) is 0.0124. The number of ether oxygens (including phenoxy) is 8. The molecule has 101 heavy (non-hydrogen) atoms. The Morgan fingerprint density at radius 1 is 0.475 bits per heavy atom. The molecule has 0 aromatic rings. The van der Waals surface area contributed by atoms with Crippen LogP contribution in [-0.4, -0.2) is 149 Å². The molecule has 2 amide bonds. The van der Waals surface area contributed by atoms with E-state index in [-0.39, 0.29) is 32.0 Å². The van der Waals surface area contributed by atoms with Crippen molar-refractivity contribution in [3.05, 3.63) is 0 Å². The molecule has 0 spiro atoms. The first-order valence-corrected chi connectivity index (χ1v) is 40.8. The second kappa shape index (κ2) is 60.7. The van der Waals surface area contributed by atoms with Crippen LogP contribution in [0.2, 0.25) is 0 Å². The van der Waals surface area contributed by atoms with Gasteiger partial charge in [-0.2, -0.15) is 0 Å². The molecule has 0 saturated carbocycles. The molecule has 25 heteroatoms. The van der Waals surface area contributed by atoms with E-state index in [2.05, 4.69) is 38.3 Å². The van der Waals surface area contributed by atoms with Gasteiger partial charge in [0.15, 0.2) is 24.6 Å². The average Bonchev–Trinajstić information content (AvgIpc) is 0.787. The maximum atomic E-state index is 14.6. The lowest BCUT2D eigenvalue weighted by Crippen LogP contribution is -2.67. The molecule has 0 aliphatic carbocycles. The SMILES string of the molecule is CCCCCCCCCCCCCC(=O)O[C@H](CCCCCCCCCCC)CC(=O)N[C@@H](C=O)[C@@H](OC(=O)C[C@@H](CCCCCCCCCCC)OC(=O)CCCCCCCCCCCCC)[C@H](OP(=O)(O)O)[C@H](O)CO[C@@H]1O[C@H](COC(C)=O)[C@@H](OC(C)=O)[C@H](OC(C)=O)[C@H]1NC(C)=O. The van der Waals surface area contributed by atoms with Crippen LogP contribution >= 0.6 is 7.82 Å². The molecule has 24 nitrogen and oxygen atoms in total. The smallest absolute Gasteiger partial charge is 0.463 e. The Bertz CT molecular complexity index is 2270. The van der Waals surface area contributed by atoms with Gasteiger partial charge in [-0.1, -0.05) is 259 Å². The van der Waals surface area contributed by atoms with Gasteiger partial charge in [0, 0.05) is 40.5 Å². The third-order valence-corrected chi connectivity index (χ3v) is 18.7. The molecule has 1 rings (SSSR count). The molecule has 0 radical (unpaired) electrons. The molecule has 0 unspecified atom stereocenters. The Kier molecular flexibility index (Phi) is 56.7. The van der Waals surface area contributed by atoms with Crippen molar-refractivity contribution in [1.29, 1.82) is 0 Å². The first-order valence-electron chi connectivity index (χ1n) is 39.3. The van der Waals surface area contributed by atoms with Crippen LogP contribution in [-0.2, 0) is 90.1 Å². The lowest BCUT2D eigenvalue weighted by Gasteiger charge is -2.45. The van der Waals surface area contributed by atoms with Crippen LogP contribution in [0.25, 0.3) is 0 Å². The number of carbonyl (C=O) groups excluding carboxylic acids is 9. The molecule has 11 atom stereocenters. The van der Waals surface area contributed by atoms with E-state index in [0.717, 1.165) is 182 Å². The van der Waals surface area contributed by atoms with Gasteiger partial charge in [0.25, 0.3) is 0 Å². The van der Waals surface area contributed by atoms with E-state index in [9.17, 15) is 62.6 Å². The Labute approximate surface area is 606 Å². The van der Waals surface area contributed by atoms with Crippen LogP contribution in [0.1, 0.15) is 351 Å². The molecule has 1 aliphatic heterocycles. The van der Waals surface area contributed by atoms with Crippen LogP contribution in [0.5, 0.6) is 0 Å². The monoisotopic (exact) mass is 1460 g/mol. The number of esters is 6. The lowest BCUT2D eigenvalue weighted by molar-refractivity contribution is -0.283. The molecule has 0 aromatic carbocycles. The summed E-state index contributed by atoms with van der Waals surface area (Å²) in [5.74, 6) is -6.53. The number of hydrogen-bond donors (Lipinski definition) is 5. The van der Waals surface area contributed by atoms with E-state index in [0.29, 0.717) is 25.7 Å². The van der Waals surface area contributed by atoms with Crippen LogP contribution in [0.3, 0.4) is 0 Å². The van der Waals surface area contributed by atoms with Gasteiger partial charge in [-0.05, 0) is 38.5 Å². The maximum absolute atomic E-state index is 14.6. The number of aliphatic hydroxyl groups is 1. The summed E-state index contributed by atoms with van der Waals surface area (Å²) in [6.45, 7) is 11.2. The van der Waals surface area contributed by atoms with E-state index in [4.69, 9.17) is 42.4 Å². The minimum absolute atomic E-state index is 0.0748. The number of amides is 2. The van der Waals surface area contributed by atoms with Crippen LogP contribution in [0, 0.1) is 0 Å². The number of hydrogen-bond acceptors (Lipinski definition) is 20. The van der Waals surface area contributed by atoms with Crippen molar-refractivity contribution in [2.45, 2.75) is 418 Å². The first kappa shape index (κ1) is 94.4. The Balaban J connectivity index is 3.85. The number of aldehydes is 1.